The Morgan fingerprint density at radius 2 is 2.28 bits per heavy atom. The topological polar surface area (TPSA) is 42.0 Å². The summed E-state index contributed by atoms with van der Waals surface area (Å²) in [6.07, 6.45) is 7.00. The maximum Gasteiger partial charge on any atom is 0.251 e. The number of nitrogens with one attached hydrogen (secondary N) is 1. The van der Waals surface area contributed by atoms with Crippen molar-refractivity contribution in [2.75, 3.05) is 0 Å². The first-order chi connectivity index (χ1) is 8.70. The highest BCUT2D eigenvalue weighted by Gasteiger charge is 2.25. The van der Waals surface area contributed by atoms with E-state index < -0.39 is 5.95 Å². The third-order valence-electron chi connectivity index (χ3n) is 3.74. The van der Waals surface area contributed by atoms with Crippen molar-refractivity contribution >= 4 is 5.91 Å². The molecule has 0 radical (unpaired) electrons. The van der Waals surface area contributed by atoms with Crippen LogP contribution in [0.2, 0.25) is 0 Å². The molecular formula is C14H19FN2O. The summed E-state index contributed by atoms with van der Waals surface area (Å²) in [5, 5.41) is 3.03. The van der Waals surface area contributed by atoms with Gasteiger partial charge in [0.25, 0.3) is 5.91 Å². The van der Waals surface area contributed by atoms with Crippen molar-refractivity contribution in [3.63, 3.8) is 0 Å². The van der Waals surface area contributed by atoms with Crippen LogP contribution < -0.4 is 5.32 Å². The van der Waals surface area contributed by atoms with E-state index >= 15 is 0 Å². The van der Waals surface area contributed by atoms with E-state index in [0.29, 0.717) is 11.5 Å². The van der Waals surface area contributed by atoms with Crippen molar-refractivity contribution in [2.45, 2.75) is 45.1 Å². The summed E-state index contributed by atoms with van der Waals surface area (Å²) in [6, 6.07) is 2.95. The number of amides is 1. The van der Waals surface area contributed by atoms with Crippen LogP contribution in [-0.4, -0.2) is 16.9 Å². The number of carbonyl (C=O) groups is 1. The van der Waals surface area contributed by atoms with Gasteiger partial charge < -0.3 is 5.32 Å². The SMILES string of the molecule is CC[C@@H]1CCCC[C@@H]1NC(=O)c1ccnc(F)c1. The molecule has 0 aliphatic heterocycles. The van der Waals surface area contributed by atoms with Gasteiger partial charge in [-0.25, -0.2) is 4.98 Å². The van der Waals surface area contributed by atoms with E-state index in [9.17, 15) is 9.18 Å². The summed E-state index contributed by atoms with van der Waals surface area (Å²) in [5.74, 6) is -0.255. The quantitative estimate of drug-likeness (QED) is 0.838. The zero-order chi connectivity index (χ0) is 13.0. The Labute approximate surface area is 107 Å². The van der Waals surface area contributed by atoms with Crippen molar-refractivity contribution in [3.05, 3.63) is 29.8 Å². The van der Waals surface area contributed by atoms with E-state index in [1.54, 1.807) is 6.07 Å². The van der Waals surface area contributed by atoms with Crippen LogP contribution in [-0.2, 0) is 0 Å². The largest absolute Gasteiger partial charge is 0.349 e. The lowest BCUT2D eigenvalue weighted by molar-refractivity contribution is 0.0904. The van der Waals surface area contributed by atoms with E-state index in [1.807, 2.05) is 0 Å². The maximum atomic E-state index is 13.0. The molecule has 0 spiro atoms. The van der Waals surface area contributed by atoms with Crippen LogP contribution in [0.15, 0.2) is 18.3 Å². The lowest BCUT2D eigenvalue weighted by Crippen LogP contribution is -2.41. The predicted octanol–water partition coefficient (Wildman–Crippen LogP) is 2.92. The fourth-order valence-electron chi connectivity index (χ4n) is 2.68. The van der Waals surface area contributed by atoms with Crippen LogP contribution in [0.25, 0.3) is 0 Å². The Hall–Kier alpha value is -1.45. The minimum Gasteiger partial charge on any atom is -0.349 e. The van der Waals surface area contributed by atoms with Gasteiger partial charge in [-0.15, -0.1) is 0 Å². The Morgan fingerprint density at radius 3 is 3.00 bits per heavy atom. The van der Waals surface area contributed by atoms with Gasteiger partial charge in [0.15, 0.2) is 0 Å². The molecule has 1 amide bonds. The summed E-state index contributed by atoms with van der Waals surface area (Å²) in [6.45, 7) is 2.15. The first kappa shape index (κ1) is 13.0. The number of pyridine rings is 1. The number of aromatic nitrogens is 1. The Kier molecular flexibility index (Phi) is 4.28. The summed E-state index contributed by atoms with van der Waals surface area (Å²) in [7, 11) is 0. The van der Waals surface area contributed by atoms with Gasteiger partial charge in [0.1, 0.15) is 0 Å². The zero-order valence-corrected chi connectivity index (χ0v) is 10.7. The molecule has 2 rings (SSSR count). The standard InChI is InChI=1S/C14H19FN2O/c1-2-10-5-3-4-6-12(10)17-14(18)11-7-8-16-13(15)9-11/h7-10,12H,2-6H2,1H3,(H,17,18)/t10-,12+/m1/s1. The second-order valence-corrected chi connectivity index (χ2v) is 4.90. The van der Waals surface area contributed by atoms with Gasteiger partial charge in [-0.1, -0.05) is 26.2 Å². The normalized spacial score (nSPS) is 23.7. The number of nitrogens with zero attached hydrogens (tertiary/aromatic N) is 1. The molecule has 18 heavy (non-hydrogen) atoms. The first-order valence-corrected chi connectivity index (χ1v) is 6.63. The monoisotopic (exact) mass is 250 g/mol. The summed E-state index contributed by atoms with van der Waals surface area (Å²) in [5.41, 5.74) is 0.350. The van der Waals surface area contributed by atoms with E-state index in [1.165, 1.54) is 25.1 Å². The number of rotatable bonds is 3. The number of hydrogen-bond donors (Lipinski definition) is 1. The van der Waals surface area contributed by atoms with E-state index in [0.717, 1.165) is 19.3 Å². The van der Waals surface area contributed by atoms with Gasteiger partial charge in [0.2, 0.25) is 5.95 Å². The van der Waals surface area contributed by atoms with Crippen LogP contribution in [0, 0.1) is 11.9 Å². The molecule has 1 N–H and O–H groups in total. The Balaban J connectivity index is 2.02. The number of hydrogen-bond acceptors (Lipinski definition) is 2. The molecule has 4 heteroatoms. The molecule has 1 saturated carbocycles. The predicted molar refractivity (Wildman–Crippen MR) is 67.7 cm³/mol. The summed E-state index contributed by atoms with van der Waals surface area (Å²) < 4.78 is 13.0. The first-order valence-electron chi connectivity index (χ1n) is 6.63. The second kappa shape index (κ2) is 5.94. The average molecular weight is 250 g/mol. The zero-order valence-electron chi connectivity index (χ0n) is 10.7. The highest BCUT2D eigenvalue weighted by molar-refractivity contribution is 5.94. The highest BCUT2D eigenvalue weighted by Crippen LogP contribution is 2.26. The van der Waals surface area contributed by atoms with Crippen molar-refractivity contribution < 1.29 is 9.18 Å². The van der Waals surface area contributed by atoms with Crippen LogP contribution in [0.5, 0.6) is 0 Å². The molecule has 1 aliphatic rings. The maximum absolute atomic E-state index is 13.0. The van der Waals surface area contributed by atoms with Crippen LogP contribution in [0.1, 0.15) is 49.4 Å². The van der Waals surface area contributed by atoms with Crippen molar-refractivity contribution in [1.82, 2.24) is 10.3 Å². The molecular weight excluding hydrogens is 231 g/mol. The van der Waals surface area contributed by atoms with Gasteiger partial charge in [-0.2, -0.15) is 4.39 Å². The van der Waals surface area contributed by atoms with E-state index in [4.69, 9.17) is 0 Å². The van der Waals surface area contributed by atoms with E-state index in [-0.39, 0.29) is 11.9 Å². The fourth-order valence-corrected chi connectivity index (χ4v) is 2.68. The van der Waals surface area contributed by atoms with Crippen molar-refractivity contribution in [3.8, 4) is 0 Å². The highest BCUT2D eigenvalue weighted by atomic mass is 19.1. The summed E-state index contributed by atoms with van der Waals surface area (Å²) in [4.78, 5) is 15.5. The van der Waals surface area contributed by atoms with Crippen LogP contribution in [0.3, 0.4) is 0 Å². The lowest BCUT2D eigenvalue weighted by atomic mass is 9.83. The van der Waals surface area contributed by atoms with Crippen molar-refractivity contribution in [2.24, 2.45) is 5.92 Å². The second-order valence-electron chi connectivity index (χ2n) is 4.90. The molecule has 98 valence electrons. The molecule has 1 aromatic heterocycles. The molecule has 2 atom stereocenters. The molecule has 1 aromatic rings. The number of carbonyl (C=O) groups excluding carboxylic acids is 1. The van der Waals surface area contributed by atoms with Gasteiger partial charge in [-0.05, 0) is 24.8 Å². The van der Waals surface area contributed by atoms with E-state index in [2.05, 4.69) is 17.2 Å². The minimum absolute atomic E-state index is 0.193. The molecule has 3 nitrogen and oxygen atoms in total. The minimum atomic E-state index is -0.613. The molecule has 0 unspecified atom stereocenters. The molecule has 0 saturated heterocycles. The van der Waals surface area contributed by atoms with Gasteiger partial charge in [0.05, 0.1) is 0 Å². The number of halogens is 1. The lowest BCUT2D eigenvalue weighted by Gasteiger charge is -2.31. The molecule has 0 aromatic carbocycles. The van der Waals surface area contributed by atoms with Crippen LogP contribution >= 0.6 is 0 Å². The van der Waals surface area contributed by atoms with Gasteiger partial charge >= 0.3 is 0 Å². The third-order valence-corrected chi connectivity index (χ3v) is 3.74. The van der Waals surface area contributed by atoms with Gasteiger partial charge in [-0.3, -0.25) is 4.79 Å². The molecule has 1 fully saturated rings. The van der Waals surface area contributed by atoms with Crippen LogP contribution in [0.4, 0.5) is 4.39 Å². The van der Waals surface area contributed by atoms with Crippen molar-refractivity contribution in [1.29, 1.82) is 0 Å². The smallest absolute Gasteiger partial charge is 0.251 e. The molecule has 1 heterocycles. The van der Waals surface area contributed by atoms with Gasteiger partial charge in [0, 0.05) is 23.9 Å². The summed E-state index contributed by atoms with van der Waals surface area (Å²) >= 11 is 0. The Morgan fingerprint density at radius 1 is 1.50 bits per heavy atom. The third kappa shape index (κ3) is 3.06. The molecule has 0 bridgehead atoms. The fraction of sp³-hybridized carbons (Fsp3) is 0.571. The average Bonchev–Trinajstić information content (AvgIpc) is 2.39. The molecule has 1 aliphatic carbocycles. The Bertz CT molecular complexity index is 422.